The van der Waals surface area contributed by atoms with Crippen LogP contribution in [0.3, 0.4) is 0 Å². The Labute approximate surface area is 210 Å². The van der Waals surface area contributed by atoms with Gasteiger partial charge in [-0.3, -0.25) is 0 Å². The second-order valence-electron chi connectivity index (χ2n) is 8.91. The maximum Gasteiger partial charge on any atom is 0.346 e. The summed E-state index contributed by atoms with van der Waals surface area (Å²) in [5, 5.41) is 10.9. The van der Waals surface area contributed by atoms with Gasteiger partial charge >= 0.3 is 5.97 Å². The number of aromatic hydroxyl groups is 1. The number of aryl methyl sites for hydroxylation is 4. The lowest BCUT2D eigenvalue weighted by molar-refractivity contribution is -0.147. The zero-order chi connectivity index (χ0) is 26.0. The predicted molar refractivity (Wildman–Crippen MR) is 139 cm³/mol. The topological polar surface area (TPSA) is 94.4 Å². The summed E-state index contributed by atoms with van der Waals surface area (Å²) in [6, 6.07) is 17.0. The number of carbonyl (C=O) groups excluding carboxylic acids is 1. The van der Waals surface area contributed by atoms with Crippen LogP contribution in [0.25, 0.3) is 34.2 Å². The number of benzene rings is 3. The number of nitrogens with zero attached hydrogens (tertiary/aromatic N) is 3. The number of methoxy groups -OCH3 is 1. The Morgan fingerprint density at radius 2 is 1.22 bits per heavy atom. The van der Waals surface area contributed by atoms with Crippen molar-refractivity contribution in [1.29, 1.82) is 0 Å². The lowest BCUT2D eigenvalue weighted by atomic mass is 10.0. The molecule has 7 heteroatoms. The Kier molecular flexibility index (Phi) is 7.01. The molecule has 0 fully saturated rings. The molecule has 0 spiro atoms. The summed E-state index contributed by atoms with van der Waals surface area (Å²) in [5.41, 5.74) is 6.59. The van der Waals surface area contributed by atoms with Gasteiger partial charge in [0.1, 0.15) is 11.5 Å². The lowest BCUT2D eigenvalue weighted by Crippen LogP contribution is -2.24. The molecule has 4 aromatic rings. The van der Waals surface area contributed by atoms with Gasteiger partial charge in [0.25, 0.3) is 0 Å². The number of aromatic nitrogens is 3. The van der Waals surface area contributed by atoms with Crippen molar-refractivity contribution in [3.63, 3.8) is 0 Å². The van der Waals surface area contributed by atoms with E-state index in [4.69, 9.17) is 24.4 Å². The molecule has 1 unspecified atom stereocenters. The van der Waals surface area contributed by atoms with Gasteiger partial charge in [0.2, 0.25) is 0 Å². The van der Waals surface area contributed by atoms with Crippen molar-refractivity contribution < 1.29 is 19.4 Å². The minimum absolute atomic E-state index is 0.0751. The molecular formula is C29H29N3O4. The average Bonchev–Trinajstić information content (AvgIpc) is 2.83. The molecule has 0 saturated carbocycles. The second-order valence-corrected chi connectivity index (χ2v) is 8.91. The van der Waals surface area contributed by atoms with E-state index in [1.807, 2.05) is 52.0 Å². The van der Waals surface area contributed by atoms with E-state index in [1.165, 1.54) is 13.2 Å². The number of ether oxygens (including phenoxy) is 2. The van der Waals surface area contributed by atoms with E-state index in [-0.39, 0.29) is 5.75 Å². The Hall–Kier alpha value is -4.26. The molecule has 3 aromatic carbocycles. The van der Waals surface area contributed by atoms with Crippen molar-refractivity contribution in [2.24, 2.45) is 0 Å². The number of phenolic OH excluding ortho intramolecular Hbond substituents is 1. The summed E-state index contributed by atoms with van der Waals surface area (Å²) in [7, 11) is 1.30. The molecule has 4 rings (SSSR count). The van der Waals surface area contributed by atoms with Gasteiger partial charge in [0.15, 0.2) is 23.6 Å². The van der Waals surface area contributed by atoms with E-state index in [0.717, 1.165) is 33.4 Å². The first-order valence-electron chi connectivity index (χ1n) is 11.7. The Balaban J connectivity index is 1.84. The van der Waals surface area contributed by atoms with Crippen molar-refractivity contribution in [3.05, 3.63) is 76.9 Å². The summed E-state index contributed by atoms with van der Waals surface area (Å²) >= 11 is 0. The third kappa shape index (κ3) is 5.20. The quantitative estimate of drug-likeness (QED) is 0.349. The fraction of sp³-hybridized carbons (Fsp3) is 0.241. The van der Waals surface area contributed by atoms with Crippen LogP contribution < -0.4 is 4.74 Å². The highest BCUT2D eigenvalue weighted by atomic mass is 16.6. The van der Waals surface area contributed by atoms with Gasteiger partial charge in [-0.15, -0.1) is 0 Å². The van der Waals surface area contributed by atoms with E-state index in [2.05, 4.69) is 12.1 Å². The van der Waals surface area contributed by atoms with Crippen LogP contribution in [0.5, 0.6) is 11.5 Å². The minimum Gasteiger partial charge on any atom is -0.507 e. The van der Waals surface area contributed by atoms with Crippen molar-refractivity contribution in [2.45, 2.75) is 40.7 Å². The molecule has 0 amide bonds. The third-order valence-electron chi connectivity index (χ3n) is 5.94. The number of phenols is 1. The highest BCUT2D eigenvalue weighted by molar-refractivity contribution is 5.75. The van der Waals surface area contributed by atoms with Gasteiger partial charge in [-0.05, 0) is 57.9 Å². The van der Waals surface area contributed by atoms with Gasteiger partial charge < -0.3 is 14.6 Å². The molecule has 0 aliphatic carbocycles. The van der Waals surface area contributed by atoms with Crippen molar-refractivity contribution >= 4 is 5.97 Å². The molecule has 36 heavy (non-hydrogen) atoms. The van der Waals surface area contributed by atoms with Crippen LogP contribution >= 0.6 is 0 Å². The lowest BCUT2D eigenvalue weighted by Gasteiger charge is -2.14. The van der Waals surface area contributed by atoms with Crippen molar-refractivity contribution in [1.82, 2.24) is 15.0 Å². The number of hydrogen-bond acceptors (Lipinski definition) is 7. The first-order chi connectivity index (χ1) is 17.2. The monoisotopic (exact) mass is 483 g/mol. The van der Waals surface area contributed by atoms with Gasteiger partial charge in [-0.1, -0.05) is 47.5 Å². The van der Waals surface area contributed by atoms with Crippen LogP contribution in [0.1, 0.15) is 29.2 Å². The summed E-state index contributed by atoms with van der Waals surface area (Å²) < 4.78 is 10.3. The molecule has 0 aliphatic heterocycles. The molecule has 0 saturated heterocycles. The molecular weight excluding hydrogens is 454 g/mol. The molecule has 1 aromatic heterocycles. The zero-order valence-electron chi connectivity index (χ0n) is 21.3. The molecule has 1 heterocycles. The maximum atomic E-state index is 11.7. The number of esters is 1. The van der Waals surface area contributed by atoms with Crippen LogP contribution in [0.4, 0.5) is 0 Å². The summed E-state index contributed by atoms with van der Waals surface area (Å²) in [5.74, 6) is 1.12. The standard InChI is InChI=1S/C29H29N3O4/c1-16-7-10-22(18(3)13-16)26-30-27(23-11-8-17(2)14-19(23)4)32-28(31-26)24-12-9-21(15-25(24)33)36-20(5)29(34)35-6/h7-15,20,33H,1-6H3. The number of carbonyl (C=O) groups is 1. The van der Waals surface area contributed by atoms with Gasteiger partial charge in [0.05, 0.1) is 12.7 Å². The Bertz CT molecular complexity index is 1380. The Morgan fingerprint density at radius 3 is 1.67 bits per heavy atom. The van der Waals surface area contributed by atoms with Crippen molar-refractivity contribution in [2.75, 3.05) is 7.11 Å². The SMILES string of the molecule is COC(=O)C(C)Oc1ccc(-c2nc(-c3ccc(C)cc3C)nc(-c3ccc(C)cc3C)n2)c(O)c1. The van der Waals surface area contributed by atoms with E-state index in [9.17, 15) is 9.90 Å². The van der Waals surface area contributed by atoms with Crippen LogP contribution in [0.15, 0.2) is 54.6 Å². The number of hydrogen-bond donors (Lipinski definition) is 1. The van der Waals surface area contributed by atoms with E-state index < -0.39 is 12.1 Å². The predicted octanol–water partition coefficient (Wildman–Crippen LogP) is 5.75. The summed E-state index contributed by atoms with van der Waals surface area (Å²) in [4.78, 5) is 26.0. The maximum absolute atomic E-state index is 11.7. The molecule has 0 radical (unpaired) electrons. The average molecular weight is 484 g/mol. The molecule has 1 atom stereocenters. The zero-order valence-corrected chi connectivity index (χ0v) is 21.3. The van der Waals surface area contributed by atoms with E-state index >= 15 is 0 Å². The van der Waals surface area contributed by atoms with Gasteiger partial charge in [0, 0.05) is 17.2 Å². The summed E-state index contributed by atoms with van der Waals surface area (Å²) in [6.45, 7) is 9.71. The highest BCUT2D eigenvalue weighted by Gasteiger charge is 2.19. The van der Waals surface area contributed by atoms with Crippen molar-refractivity contribution in [3.8, 4) is 45.7 Å². The molecule has 0 bridgehead atoms. The first kappa shape index (κ1) is 24.9. The van der Waals surface area contributed by atoms with Crippen LogP contribution in [0.2, 0.25) is 0 Å². The second kappa shape index (κ2) is 10.2. The van der Waals surface area contributed by atoms with Gasteiger partial charge in [-0.25, -0.2) is 19.7 Å². The highest BCUT2D eigenvalue weighted by Crippen LogP contribution is 2.34. The molecule has 184 valence electrons. The third-order valence-corrected chi connectivity index (χ3v) is 5.94. The van der Waals surface area contributed by atoms with E-state index in [1.54, 1.807) is 19.1 Å². The van der Waals surface area contributed by atoms with Crippen LogP contribution in [-0.2, 0) is 9.53 Å². The smallest absolute Gasteiger partial charge is 0.346 e. The first-order valence-corrected chi connectivity index (χ1v) is 11.7. The fourth-order valence-electron chi connectivity index (χ4n) is 4.06. The molecule has 7 nitrogen and oxygen atoms in total. The van der Waals surface area contributed by atoms with Crippen LogP contribution in [-0.4, -0.2) is 39.2 Å². The molecule has 1 N–H and O–H groups in total. The molecule has 0 aliphatic rings. The fourth-order valence-corrected chi connectivity index (χ4v) is 4.06. The Morgan fingerprint density at radius 1 is 0.750 bits per heavy atom. The number of rotatable bonds is 6. The minimum atomic E-state index is -0.815. The van der Waals surface area contributed by atoms with E-state index in [0.29, 0.717) is 28.8 Å². The van der Waals surface area contributed by atoms with Gasteiger partial charge in [-0.2, -0.15) is 0 Å². The largest absolute Gasteiger partial charge is 0.507 e. The summed E-state index contributed by atoms with van der Waals surface area (Å²) in [6.07, 6.45) is -0.815. The normalized spacial score (nSPS) is 11.7. The van der Waals surface area contributed by atoms with Crippen LogP contribution in [0, 0.1) is 27.7 Å².